The minimum Gasteiger partial charge on any atom is -0.356 e. The number of aromatic amines is 1. The molecule has 0 atom stereocenters. The van der Waals surface area contributed by atoms with Gasteiger partial charge in [-0.3, -0.25) is 0 Å². The maximum atomic E-state index is 11.3. The molecule has 0 aliphatic carbocycles. The lowest BCUT2D eigenvalue weighted by Crippen LogP contribution is -2.27. The van der Waals surface area contributed by atoms with Crippen molar-refractivity contribution < 1.29 is 0 Å². The fourth-order valence-electron chi connectivity index (χ4n) is 1.69. The number of fused-ring (bicyclic) bond motifs is 1. The second-order valence-corrected chi connectivity index (χ2v) is 4.47. The van der Waals surface area contributed by atoms with Crippen molar-refractivity contribution in [1.29, 1.82) is 0 Å². The molecule has 92 valence electrons. The third-order valence-corrected chi connectivity index (χ3v) is 2.82. The van der Waals surface area contributed by atoms with Crippen molar-refractivity contribution in [3.8, 4) is 0 Å². The normalized spacial score (nSPS) is 10.9. The van der Waals surface area contributed by atoms with Crippen LogP contribution in [0.4, 0.5) is 5.82 Å². The lowest BCUT2D eigenvalue weighted by molar-refractivity contribution is 0.780. The first kappa shape index (κ1) is 12.1. The molecule has 2 rings (SSSR count). The molecular weight excluding hydrogens is 286 g/mol. The van der Waals surface area contributed by atoms with Crippen molar-refractivity contribution in [3.63, 3.8) is 0 Å². The second kappa shape index (κ2) is 5.31. The van der Waals surface area contributed by atoms with E-state index in [1.807, 2.05) is 6.07 Å². The second-order valence-electron chi connectivity index (χ2n) is 3.68. The molecule has 0 aliphatic rings. The first-order valence-corrected chi connectivity index (χ1v) is 6.62. The van der Waals surface area contributed by atoms with Crippen LogP contribution >= 0.6 is 15.9 Å². The van der Waals surface area contributed by atoms with Crippen molar-refractivity contribution >= 4 is 27.4 Å². The molecule has 0 bridgehead atoms. The summed E-state index contributed by atoms with van der Waals surface area (Å²) in [4.78, 5) is 17.7. The van der Waals surface area contributed by atoms with Crippen LogP contribution in [0.25, 0.3) is 5.65 Å². The first-order chi connectivity index (χ1) is 8.26. The Kier molecular flexibility index (Phi) is 3.78. The van der Waals surface area contributed by atoms with Gasteiger partial charge in [0.25, 0.3) is 0 Å². The van der Waals surface area contributed by atoms with Crippen LogP contribution in [0, 0.1) is 0 Å². The molecule has 0 aromatic carbocycles. The molecule has 2 aromatic rings. The van der Waals surface area contributed by atoms with Gasteiger partial charge >= 0.3 is 5.69 Å². The summed E-state index contributed by atoms with van der Waals surface area (Å²) >= 11 is 3.42. The molecule has 7 heteroatoms. The van der Waals surface area contributed by atoms with E-state index in [1.165, 1.54) is 10.7 Å². The van der Waals surface area contributed by atoms with E-state index < -0.39 is 0 Å². The van der Waals surface area contributed by atoms with Gasteiger partial charge in [-0.15, -0.1) is 0 Å². The van der Waals surface area contributed by atoms with Crippen LogP contribution in [-0.2, 0) is 0 Å². The van der Waals surface area contributed by atoms with Gasteiger partial charge in [-0.1, -0.05) is 22.9 Å². The molecule has 0 amide bonds. The Hall–Kier alpha value is -1.37. The van der Waals surface area contributed by atoms with Crippen LogP contribution in [0.5, 0.6) is 0 Å². The third kappa shape index (κ3) is 2.49. The van der Waals surface area contributed by atoms with Gasteiger partial charge in [0.1, 0.15) is 12.1 Å². The van der Waals surface area contributed by atoms with Crippen molar-refractivity contribution in [2.45, 2.75) is 13.3 Å². The number of halogens is 1. The van der Waals surface area contributed by atoms with Crippen LogP contribution < -0.4 is 10.6 Å². The Morgan fingerprint density at radius 2 is 2.35 bits per heavy atom. The van der Waals surface area contributed by atoms with E-state index in [1.54, 1.807) is 0 Å². The van der Waals surface area contributed by atoms with Crippen LogP contribution in [0.2, 0.25) is 0 Å². The third-order valence-electron chi connectivity index (χ3n) is 2.47. The fourth-order valence-corrected chi connectivity index (χ4v) is 2.11. The molecule has 2 aromatic heterocycles. The summed E-state index contributed by atoms with van der Waals surface area (Å²) in [6, 6.07) is 1.82. The highest BCUT2D eigenvalue weighted by molar-refractivity contribution is 9.09. The number of aromatic nitrogens is 4. The first-order valence-electron chi connectivity index (χ1n) is 5.50. The van der Waals surface area contributed by atoms with Gasteiger partial charge in [0, 0.05) is 24.5 Å². The Morgan fingerprint density at radius 1 is 1.53 bits per heavy atom. The van der Waals surface area contributed by atoms with Gasteiger partial charge < -0.3 is 4.90 Å². The number of hydrogen-bond donors (Lipinski definition) is 1. The van der Waals surface area contributed by atoms with E-state index in [9.17, 15) is 4.79 Å². The number of alkyl halides is 1. The summed E-state index contributed by atoms with van der Waals surface area (Å²) in [5, 5.41) is 7.21. The molecule has 0 aliphatic heterocycles. The largest absolute Gasteiger partial charge is 0.356 e. The molecule has 6 nitrogen and oxygen atoms in total. The highest BCUT2D eigenvalue weighted by Gasteiger charge is 2.08. The smallest absolute Gasteiger partial charge is 0.348 e. The number of anilines is 1. The molecular formula is C10H14BrN5O. The van der Waals surface area contributed by atoms with Gasteiger partial charge in [0.15, 0.2) is 5.65 Å². The summed E-state index contributed by atoms with van der Waals surface area (Å²) in [6.07, 6.45) is 2.56. The zero-order chi connectivity index (χ0) is 12.3. The van der Waals surface area contributed by atoms with E-state index in [4.69, 9.17) is 0 Å². The lowest BCUT2D eigenvalue weighted by Gasteiger charge is -2.21. The van der Waals surface area contributed by atoms with Crippen LogP contribution in [-0.4, -0.2) is 38.0 Å². The summed E-state index contributed by atoms with van der Waals surface area (Å²) in [5.41, 5.74) is 0.331. The van der Waals surface area contributed by atoms with Crippen molar-refractivity contribution in [1.82, 2.24) is 19.6 Å². The Labute approximate surface area is 107 Å². The average Bonchev–Trinajstić information content (AvgIpc) is 2.70. The zero-order valence-corrected chi connectivity index (χ0v) is 11.1. The Morgan fingerprint density at radius 3 is 3.06 bits per heavy atom. The van der Waals surface area contributed by atoms with Crippen molar-refractivity contribution in [2.75, 3.05) is 23.3 Å². The summed E-state index contributed by atoms with van der Waals surface area (Å²) in [7, 11) is 0. The predicted molar refractivity (Wildman–Crippen MR) is 69.9 cm³/mol. The molecule has 2 heterocycles. The number of nitrogens with zero attached hydrogens (tertiary/aromatic N) is 4. The number of H-pyrrole nitrogens is 1. The molecule has 0 unspecified atom stereocenters. The molecule has 17 heavy (non-hydrogen) atoms. The number of nitrogens with one attached hydrogen (secondary N) is 1. The summed E-state index contributed by atoms with van der Waals surface area (Å²) < 4.78 is 1.39. The number of hydrogen-bond acceptors (Lipinski definition) is 4. The quantitative estimate of drug-likeness (QED) is 0.838. The van der Waals surface area contributed by atoms with Gasteiger partial charge in [-0.25, -0.2) is 19.3 Å². The minimum atomic E-state index is -0.262. The van der Waals surface area contributed by atoms with Gasteiger partial charge in [0.2, 0.25) is 0 Å². The highest BCUT2D eigenvalue weighted by Crippen LogP contribution is 2.12. The zero-order valence-electron chi connectivity index (χ0n) is 9.56. The monoisotopic (exact) mass is 299 g/mol. The highest BCUT2D eigenvalue weighted by atomic mass is 79.9. The summed E-state index contributed by atoms with van der Waals surface area (Å²) in [5.74, 6) is 0.845. The van der Waals surface area contributed by atoms with Gasteiger partial charge in [-0.05, 0) is 6.42 Å². The standard InChI is InChI=1S/C10H14BrN5O/c1-2-4-15(5-3-11)8-6-9-13-14-10(17)16(9)7-12-8/h6-7H,2-5H2,1H3,(H,14,17). The van der Waals surface area contributed by atoms with E-state index in [2.05, 4.69) is 42.9 Å². The van der Waals surface area contributed by atoms with Crippen molar-refractivity contribution in [2.24, 2.45) is 0 Å². The molecule has 0 saturated heterocycles. The van der Waals surface area contributed by atoms with Gasteiger partial charge in [0.05, 0.1) is 0 Å². The van der Waals surface area contributed by atoms with E-state index in [-0.39, 0.29) is 5.69 Å². The maximum Gasteiger partial charge on any atom is 0.348 e. The van der Waals surface area contributed by atoms with E-state index in [0.717, 1.165) is 30.7 Å². The van der Waals surface area contributed by atoms with Crippen LogP contribution in [0.3, 0.4) is 0 Å². The predicted octanol–water partition coefficient (Wildman–Crippen LogP) is 1.03. The number of rotatable bonds is 5. The van der Waals surface area contributed by atoms with E-state index in [0.29, 0.717) is 5.65 Å². The molecule has 0 fully saturated rings. The molecule has 1 N–H and O–H groups in total. The molecule has 0 radical (unpaired) electrons. The topological polar surface area (TPSA) is 66.3 Å². The summed E-state index contributed by atoms with van der Waals surface area (Å²) in [6.45, 7) is 3.94. The maximum absolute atomic E-state index is 11.3. The van der Waals surface area contributed by atoms with Crippen LogP contribution in [0.15, 0.2) is 17.2 Å². The molecule has 0 spiro atoms. The SMILES string of the molecule is CCCN(CCBr)c1cc2n[nH]c(=O)n2cn1. The average molecular weight is 300 g/mol. The van der Waals surface area contributed by atoms with Crippen molar-refractivity contribution in [3.05, 3.63) is 22.9 Å². The van der Waals surface area contributed by atoms with Gasteiger partial charge in [-0.2, -0.15) is 5.10 Å². The Balaban J connectivity index is 2.36. The fraction of sp³-hybridized carbons (Fsp3) is 0.500. The lowest BCUT2D eigenvalue weighted by atomic mass is 10.4. The van der Waals surface area contributed by atoms with Crippen LogP contribution in [0.1, 0.15) is 13.3 Å². The van der Waals surface area contributed by atoms with E-state index >= 15 is 0 Å². The molecule has 0 saturated carbocycles. The Bertz CT molecular complexity index is 543. The minimum absolute atomic E-state index is 0.262.